The summed E-state index contributed by atoms with van der Waals surface area (Å²) in [5, 5.41) is 9.48. The number of hydrogen-bond acceptors (Lipinski definition) is 2. The lowest BCUT2D eigenvalue weighted by atomic mass is 9.99. The average molecular weight is 199 g/mol. The summed E-state index contributed by atoms with van der Waals surface area (Å²) >= 11 is 0. The van der Waals surface area contributed by atoms with Crippen LogP contribution in [0.3, 0.4) is 0 Å². The summed E-state index contributed by atoms with van der Waals surface area (Å²) in [7, 11) is 0. The summed E-state index contributed by atoms with van der Waals surface area (Å²) in [5.74, 6) is 0. The maximum absolute atomic E-state index is 9.48. The van der Waals surface area contributed by atoms with E-state index in [0.717, 1.165) is 12.8 Å². The first-order chi connectivity index (χ1) is 5.58. The predicted molar refractivity (Wildman–Crippen MR) is 59.7 cm³/mol. The fourth-order valence-electron chi connectivity index (χ4n) is 1.09. The molecule has 0 bridgehead atoms. The fourth-order valence-corrected chi connectivity index (χ4v) is 1.09. The molecule has 0 aliphatic rings. The zero-order valence-corrected chi connectivity index (χ0v) is 8.96. The van der Waals surface area contributed by atoms with Gasteiger partial charge >= 0.3 is 0 Å². The van der Waals surface area contributed by atoms with Gasteiger partial charge in [0, 0.05) is 0 Å². The fraction of sp³-hybridized carbons (Fsp3) is 0.455. The minimum Gasteiger partial charge on any atom is -0.412 e. The summed E-state index contributed by atoms with van der Waals surface area (Å²) in [6, 6.07) is 10.2. The van der Waals surface area contributed by atoms with Crippen LogP contribution < -0.4 is 6.15 Å². The molecule has 3 heteroatoms. The Labute approximate surface area is 85.7 Å². The quantitative estimate of drug-likeness (QED) is 0.776. The number of rotatable bonds is 3. The summed E-state index contributed by atoms with van der Waals surface area (Å²) in [6.07, 6.45) is 1.77. The highest BCUT2D eigenvalue weighted by Crippen LogP contribution is 2.12. The Morgan fingerprint density at radius 3 is 2.07 bits per heavy atom. The van der Waals surface area contributed by atoms with Gasteiger partial charge in [0.1, 0.15) is 0 Å². The van der Waals surface area contributed by atoms with E-state index in [2.05, 4.69) is 12.1 Å². The van der Waals surface area contributed by atoms with Crippen molar-refractivity contribution in [3.05, 3.63) is 35.9 Å². The lowest BCUT2D eigenvalue weighted by molar-refractivity contribution is 0.0714. The Morgan fingerprint density at radius 2 is 1.64 bits per heavy atom. The zero-order valence-electron chi connectivity index (χ0n) is 8.96. The summed E-state index contributed by atoms with van der Waals surface area (Å²) < 4.78 is 0. The SMILES string of the molecule is CC(C)(O)CCc1ccccc1.N.O. The average Bonchev–Trinajstić information content (AvgIpc) is 2.02. The van der Waals surface area contributed by atoms with Crippen LogP contribution in [0.1, 0.15) is 25.8 Å². The molecule has 0 aliphatic carbocycles. The molecule has 6 N–H and O–H groups in total. The van der Waals surface area contributed by atoms with Crippen LogP contribution in [0.15, 0.2) is 30.3 Å². The first-order valence-corrected chi connectivity index (χ1v) is 4.34. The van der Waals surface area contributed by atoms with Gasteiger partial charge in [0.25, 0.3) is 0 Å². The Kier molecular flexibility index (Phi) is 7.27. The zero-order chi connectivity index (χ0) is 9.03. The maximum Gasteiger partial charge on any atom is 0.0594 e. The Morgan fingerprint density at radius 1 is 1.14 bits per heavy atom. The maximum atomic E-state index is 9.48. The molecule has 0 heterocycles. The molecule has 3 nitrogen and oxygen atoms in total. The van der Waals surface area contributed by atoms with Crippen LogP contribution in [0.5, 0.6) is 0 Å². The van der Waals surface area contributed by atoms with Gasteiger partial charge in [0.05, 0.1) is 5.60 Å². The molecule has 1 aromatic rings. The van der Waals surface area contributed by atoms with Crippen LogP contribution in [-0.4, -0.2) is 16.2 Å². The van der Waals surface area contributed by atoms with E-state index in [-0.39, 0.29) is 11.6 Å². The van der Waals surface area contributed by atoms with Gasteiger partial charge < -0.3 is 16.7 Å². The normalized spacial score (nSPS) is 9.93. The van der Waals surface area contributed by atoms with E-state index in [1.807, 2.05) is 32.0 Å². The minimum absolute atomic E-state index is 0. The van der Waals surface area contributed by atoms with E-state index in [0.29, 0.717) is 0 Å². The van der Waals surface area contributed by atoms with Crippen LogP contribution in [-0.2, 0) is 6.42 Å². The number of hydrogen-bond donors (Lipinski definition) is 2. The van der Waals surface area contributed by atoms with Crippen LogP contribution in [0, 0.1) is 0 Å². The molecular weight excluding hydrogens is 178 g/mol. The lowest BCUT2D eigenvalue weighted by Gasteiger charge is -2.16. The monoisotopic (exact) mass is 199 g/mol. The van der Waals surface area contributed by atoms with E-state index in [9.17, 15) is 5.11 Å². The van der Waals surface area contributed by atoms with Gasteiger partial charge in [0.2, 0.25) is 0 Å². The van der Waals surface area contributed by atoms with Gasteiger partial charge in [-0.15, -0.1) is 0 Å². The third-order valence-electron chi connectivity index (χ3n) is 1.87. The van der Waals surface area contributed by atoms with E-state index in [1.54, 1.807) is 0 Å². The molecule has 0 unspecified atom stereocenters. The molecule has 0 radical (unpaired) electrons. The van der Waals surface area contributed by atoms with Gasteiger partial charge in [-0.1, -0.05) is 30.3 Å². The van der Waals surface area contributed by atoms with Crippen molar-refractivity contribution in [1.29, 1.82) is 0 Å². The van der Waals surface area contributed by atoms with Crippen molar-refractivity contribution < 1.29 is 10.6 Å². The molecule has 1 aromatic carbocycles. The third-order valence-corrected chi connectivity index (χ3v) is 1.87. The molecule has 0 fully saturated rings. The first kappa shape index (κ1) is 15.6. The van der Waals surface area contributed by atoms with Crippen molar-refractivity contribution in [1.82, 2.24) is 6.15 Å². The Bertz CT molecular complexity index is 229. The first-order valence-electron chi connectivity index (χ1n) is 4.34. The molecule has 0 atom stereocenters. The molecule has 0 saturated carbocycles. The summed E-state index contributed by atoms with van der Waals surface area (Å²) in [5.41, 5.74) is 0.746. The number of aliphatic hydroxyl groups is 1. The number of aryl methyl sites for hydroxylation is 1. The van der Waals surface area contributed by atoms with Gasteiger partial charge in [-0.25, -0.2) is 0 Å². The molecule has 82 valence electrons. The molecule has 0 saturated heterocycles. The second-order valence-electron chi connectivity index (χ2n) is 3.80. The van der Waals surface area contributed by atoms with Crippen molar-refractivity contribution in [3.8, 4) is 0 Å². The van der Waals surface area contributed by atoms with Crippen LogP contribution in [0.4, 0.5) is 0 Å². The molecule has 0 spiro atoms. The van der Waals surface area contributed by atoms with Gasteiger partial charge in [-0.3, -0.25) is 0 Å². The number of benzene rings is 1. The second kappa shape index (κ2) is 6.54. The molecular formula is C11H21NO2. The van der Waals surface area contributed by atoms with E-state index in [4.69, 9.17) is 0 Å². The van der Waals surface area contributed by atoms with Crippen molar-refractivity contribution in [3.63, 3.8) is 0 Å². The Hall–Kier alpha value is -0.900. The predicted octanol–water partition coefficient (Wildman–Crippen LogP) is 1.73. The molecule has 0 aliphatic heterocycles. The molecule has 14 heavy (non-hydrogen) atoms. The highest BCUT2D eigenvalue weighted by Gasteiger charge is 2.11. The second-order valence-corrected chi connectivity index (χ2v) is 3.80. The summed E-state index contributed by atoms with van der Waals surface area (Å²) in [4.78, 5) is 0. The van der Waals surface area contributed by atoms with Crippen molar-refractivity contribution in [2.45, 2.75) is 32.3 Å². The summed E-state index contributed by atoms with van der Waals surface area (Å²) in [6.45, 7) is 3.69. The van der Waals surface area contributed by atoms with E-state index >= 15 is 0 Å². The minimum atomic E-state index is -0.546. The van der Waals surface area contributed by atoms with Crippen molar-refractivity contribution in [2.75, 3.05) is 0 Å². The van der Waals surface area contributed by atoms with Crippen LogP contribution >= 0.6 is 0 Å². The third kappa shape index (κ3) is 6.60. The lowest BCUT2D eigenvalue weighted by Crippen LogP contribution is -2.19. The Balaban J connectivity index is 0. The van der Waals surface area contributed by atoms with Crippen LogP contribution in [0.2, 0.25) is 0 Å². The smallest absolute Gasteiger partial charge is 0.0594 e. The topological polar surface area (TPSA) is 86.7 Å². The van der Waals surface area contributed by atoms with Gasteiger partial charge in [-0.2, -0.15) is 0 Å². The van der Waals surface area contributed by atoms with E-state index < -0.39 is 5.60 Å². The standard InChI is InChI=1S/C11H16O.H3N.H2O/c1-11(2,12)9-8-10-6-4-3-5-7-10;;/h3-7,12H,8-9H2,1-2H3;1H3;1H2. The van der Waals surface area contributed by atoms with Gasteiger partial charge in [0.15, 0.2) is 0 Å². The molecule has 0 amide bonds. The largest absolute Gasteiger partial charge is 0.412 e. The van der Waals surface area contributed by atoms with Crippen molar-refractivity contribution >= 4 is 0 Å². The highest BCUT2D eigenvalue weighted by atomic mass is 16.3. The van der Waals surface area contributed by atoms with E-state index in [1.165, 1.54) is 5.56 Å². The van der Waals surface area contributed by atoms with Gasteiger partial charge in [-0.05, 0) is 32.3 Å². The van der Waals surface area contributed by atoms with Crippen LogP contribution in [0.25, 0.3) is 0 Å². The highest BCUT2D eigenvalue weighted by molar-refractivity contribution is 5.14. The molecule has 0 aromatic heterocycles. The molecule has 1 rings (SSSR count). The van der Waals surface area contributed by atoms with Crippen molar-refractivity contribution in [2.24, 2.45) is 0 Å².